The van der Waals surface area contributed by atoms with Crippen molar-refractivity contribution in [3.63, 3.8) is 0 Å². The molecule has 0 aromatic heterocycles. The van der Waals surface area contributed by atoms with Crippen LogP contribution in [0, 0.1) is 0 Å². The highest BCUT2D eigenvalue weighted by molar-refractivity contribution is 7.47. The minimum Gasteiger partial charge on any atom is -0.396 e. The topological polar surface area (TPSA) is 141 Å². The first-order chi connectivity index (χ1) is 11.7. The lowest BCUT2D eigenvalue weighted by molar-refractivity contribution is 0.0218. The Bertz CT molecular complexity index is 479. The minimum absolute atomic E-state index is 0.0692. The SMILES string of the molecule is [B]C1CC(OP(=O)(O)OCCCOP(=O)(O)OCCCO)C(CC)O1. The van der Waals surface area contributed by atoms with Crippen LogP contribution in [0.3, 0.4) is 0 Å². The van der Waals surface area contributed by atoms with Gasteiger partial charge in [0, 0.05) is 12.6 Å². The van der Waals surface area contributed by atoms with Gasteiger partial charge in [-0.2, -0.15) is 0 Å². The lowest BCUT2D eigenvalue weighted by atomic mass is 9.96. The summed E-state index contributed by atoms with van der Waals surface area (Å²) in [6.07, 6.45) is 0.126. The smallest absolute Gasteiger partial charge is 0.396 e. The molecule has 10 nitrogen and oxygen atoms in total. The van der Waals surface area contributed by atoms with Crippen LogP contribution in [-0.4, -0.2) is 67.4 Å². The van der Waals surface area contributed by atoms with Gasteiger partial charge in [-0.3, -0.25) is 18.1 Å². The second-order valence-electron chi connectivity index (χ2n) is 5.37. The monoisotopic (exact) mass is 402 g/mol. The summed E-state index contributed by atoms with van der Waals surface area (Å²) in [5.74, 6) is 0. The molecule has 1 saturated heterocycles. The molecule has 5 unspecified atom stereocenters. The van der Waals surface area contributed by atoms with Crippen LogP contribution < -0.4 is 0 Å². The molecular formula is C12H25BO10P2. The number of aliphatic hydroxyl groups is 1. The maximum Gasteiger partial charge on any atom is 0.472 e. The highest BCUT2D eigenvalue weighted by atomic mass is 31.2. The van der Waals surface area contributed by atoms with Crippen molar-refractivity contribution in [3.05, 3.63) is 0 Å². The van der Waals surface area contributed by atoms with E-state index in [1.807, 2.05) is 6.92 Å². The quantitative estimate of drug-likeness (QED) is 0.233. The van der Waals surface area contributed by atoms with Crippen molar-refractivity contribution in [2.75, 3.05) is 26.4 Å². The molecular weight excluding hydrogens is 377 g/mol. The summed E-state index contributed by atoms with van der Waals surface area (Å²) in [6.45, 7) is 1.11. The molecule has 1 fully saturated rings. The number of phosphoric acid groups is 2. The fourth-order valence-corrected chi connectivity index (χ4v) is 3.90. The number of aliphatic hydroxyl groups excluding tert-OH is 1. The summed E-state index contributed by atoms with van der Waals surface area (Å²) < 4.78 is 47.8. The Morgan fingerprint density at radius 2 is 1.64 bits per heavy atom. The van der Waals surface area contributed by atoms with Crippen LogP contribution in [0.1, 0.15) is 32.6 Å². The van der Waals surface area contributed by atoms with E-state index in [9.17, 15) is 18.9 Å². The molecule has 5 atom stereocenters. The fraction of sp³-hybridized carbons (Fsp3) is 1.00. The molecule has 25 heavy (non-hydrogen) atoms. The third-order valence-electron chi connectivity index (χ3n) is 3.25. The van der Waals surface area contributed by atoms with E-state index in [0.717, 1.165) is 0 Å². The Balaban J connectivity index is 2.23. The maximum atomic E-state index is 11.9. The molecule has 0 aliphatic carbocycles. The molecule has 0 bridgehead atoms. The van der Waals surface area contributed by atoms with Gasteiger partial charge >= 0.3 is 15.6 Å². The van der Waals surface area contributed by atoms with E-state index in [-0.39, 0.29) is 51.8 Å². The summed E-state index contributed by atoms with van der Waals surface area (Å²) in [7, 11) is -2.88. The maximum absolute atomic E-state index is 11.9. The van der Waals surface area contributed by atoms with Crippen LogP contribution in [0.4, 0.5) is 0 Å². The predicted octanol–water partition coefficient (Wildman–Crippen LogP) is 1.09. The number of phosphoric ester groups is 2. The largest absolute Gasteiger partial charge is 0.472 e. The van der Waals surface area contributed by atoms with Crippen LogP contribution in [0.25, 0.3) is 0 Å². The number of rotatable bonds is 13. The molecule has 0 saturated carbocycles. The fourth-order valence-electron chi connectivity index (χ4n) is 2.12. The first kappa shape index (κ1) is 23.2. The van der Waals surface area contributed by atoms with Crippen LogP contribution in [-0.2, 0) is 32.0 Å². The van der Waals surface area contributed by atoms with E-state index >= 15 is 0 Å². The van der Waals surface area contributed by atoms with Gasteiger partial charge in [-0.15, -0.1) is 0 Å². The van der Waals surface area contributed by atoms with E-state index in [2.05, 4.69) is 9.05 Å². The number of hydrogen-bond acceptors (Lipinski definition) is 8. The van der Waals surface area contributed by atoms with Gasteiger partial charge < -0.3 is 19.6 Å². The average Bonchev–Trinajstić information content (AvgIpc) is 2.85. The van der Waals surface area contributed by atoms with Crippen molar-refractivity contribution in [2.24, 2.45) is 0 Å². The van der Waals surface area contributed by atoms with Gasteiger partial charge in [-0.05, 0) is 25.7 Å². The minimum atomic E-state index is -4.30. The van der Waals surface area contributed by atoms with Crippen LogP contribution in [0.5, 0.6) is 0 Å². The van der Waals surface area contributed by atoms with Crippen molar-refractivity contribution < 1.29 is 46.9 Å². The van der Waals surface area contributed by atoms with Gasteiger partial charge in [0.1, 0.15) is 7.85 Å². The second kappa shape index (κ2) is 11.1. The predicted molar refractivity (Wildman–Crippen MR) is 88.0 cm³/mol. The summed E-state index contributed by atoms with van der Waals surface area (Å²) in [4.78, 5) is 19.0. The average molecular weight is 402 g/mol. The molecule has 0 spiro atoms. The normalized spacial score (nSPS) is 28.6. The van der Waals surface area contributed by atoms with E-state index in [0.29, 0.717) is 6.42 Å². The van der Waals surface area contributed by atoms with E-state index in [1.54, 1.807) is 0 Å². The zero-order valence-electron chi connectivity index (χ0n) is 14.1. The molecule has 2 radical (unpaired) electrons. The summed E-state index contributed by atoms with van der Waals surface area (Å²) in [6, 6.07) is -0.548. The van der Waals surface area contributed by atoms with Crippen LogP contribution in [0.2, 0.25) is 0 Å². The molecule has 146 valence electrons. The van der Waals surface area contributed by atoms with Crippen molar-refractivity contribution in [1.82, 2.24) is 0 Å². The van der Waals surface area contributed by atoms with E-state index < -0.39 is 27.8 Å². The standard InChI is InChI=1S/C12H25BO10P2/c1-2-10-11(9-12(13)22-10)23-25(17,18)21-8-4-7-20-24(15,16)19-6-3-5-14/h10-12,14H,2-9H2,1H3,(H,15,16)(H,17,18). The van der Waals surface area contributed by atoms with Gasteiger partial charge in [0.15, 0.2) is 0 Å². The van der Waals surface area contributed by atoms with Gasteiger partial charge in [0.25, 0.3) is 0 Å². The zero-order chi connectivity index (χ0) is 18.9. The molecule has 1 rings (SSSR count). The summed E-state index contributed by atoms with van der Waals surface area (Å²) in [5, 5.41) is 8.55. The van der Waals surface area contributed by atoms with Gasteiger partial charge in [-0.1, -0.05) is 6.92 Å². The van der Waals surface area contributed by atoms with Crippen molar-refractivity contribution in [3.8, 4) is 0 Å². The molecule has 3 N–H and O–H groups in total. The number of hydrogen-bond donors (Lipinski definition) is 3. The molecule has 1 aliphatic rings. The molecule has 1 aliphatic heterocycles. The number of ether oxygens (including phenoxy) is 1. The highest BCUT2D eigenvalue weighted by Crippen LogP contribution is 2.48. The highest BCUT2D eigenvalue weighted by Gasteiger charge is 2.37. The Morgan fingerprint density at radius 1 is 1.08 bits per heavy atom. The summed E-state index contributed by atoms with van der Waals surface area (Å²) in [5.41, 5.74) is 0. The Hall–Kier alpha value is 0.205. The van der Waals surface area contributed by atoms with E-state index in [1.165, 1.54) is 0 Å². The van der Waals surface area contributed by atoms with Gasteiger partial charge in [0.05, 0.1) is 32.0 Å². The Kier molecular flexibility index (Phi) is 10.4. The van der Waals surface area contributed by atoms with Crippen LogP contribution in [0.15, 0.2) is 0 Å². The van der Waals surface area contributed by atoms with E-state index in [4.69, 9.17) is 26.7 Å². The van der Waals surface area contributed by atoms with Gasteiger partial charge in [0.2, 0.25) is 0 Å². The summed E-state index contributed by atoms with van der Waals surface area (Å²) >= 11 is 0. The molecule has 1 heterocycles. The molecule has 0 aromatic carbocycles. The third-order valence-corrected chi connectivity index (χ3v) is 5.32. The van der Waals surface area contributed by atoms with Gasteiger partial charge in [-0.25, -0.2) is 9.13 Å². The van der Waals surface area contributed by atoms with Crippen molar-refractivity contribution in [1.29, 1.82) is 0 Å². The molecule has 0 aromatic rings. The van der Waals surface area contributed by atoms with Crippen molar-refractivity contribution >= 4 is 23.5 Å². The lowest BCUT2D eigenvalue weighted by Crippen LogP contribution is -2.23. The van der Waals surface area contributed by atoms with Crippen LogP contribution >= 0.6 is 15.6 Å². The molecule has 13 heteroatoms. The first-order valence-electron chi connectivity index (χ1n) is 7.98. The third kappa shape index (κ3) is 9.63. The van der Waals surface area contributed by atoms with Crippen molar-refractivity contribution in [2.45, 2.75) is 50.8 Å². The first-order valence-corrected chi connectivity index (χ1v) is 11.0. The molecule has 0 amide bonds. The zero-order valence-corrected chi connectivity index (χ0v) is 15.8. The Morgan fingerprint density at radius 3 is 2.20 bits per heavy atom. The lowest BCUT2D eigenvalue weighted by Gasteiger charge is -2.20. The second-order valence-corrected chi connectivity index (χ2v) is 8.23. The Labute approximate surface area is 148 Å².